The molecule has 4 rings (SSSR count). The molecule has 0 spiro atoms. The summed E-state index contributed by atoms with van der Waals surface area (Å²) < 4.78 is 6.05. The molecule has 1 aliphatic carbocycles. The standard InChI is InChI=1S/C18H19NOS/c19-17-8-5-12-9-14(6-7-15(12)17)20-10-13-11-21-18-4-2-1-3-16(13)18/h1-4,6-7,9,13,17H,5,8,10-11,19H2/t13?,17-/m1/s1. The Morgan fingerprint density at radius 2 is 2.05 bits per heavy atom. The molecule has 0 aromatic heterocycles. The molecule has 0 amide bonds. The molecule has 108 valence electrons. The van der Waals surface area contributed by atoms with Gasteiger partial charge in [0.15, 0.2) is 0 Å². The number of ether oxygens (including phenoxy) is 1. The minimum Gasteiger partial charge on any atom is -0.493 e. The maximum atomic E-state index is 6.08. The summed E-state index contributed by atoms with van der Waals surface area (Å²) in [6, 6.07) is 15.3. The molecule has 0 radical (unpaired) electrons. The second-order valence-corrected chi connectivity index (χ2v) is 6.92. The third-order valence-corrected chi connectivity index (χ3v) is 5.74. The van der Waals surface area contributed by atoms with Crippen LogP contribution in [0.4, 0.5) is 0 Å². The lowest BCUT2D eigenvalue weighted by molar-refractivity contribution is 0.298. The highest BCUT2D eigenvalue weighted by Gasteiger charge is 2.24. The van der Waals surface area contributed by atoms with E-state index in [4.69, 9.17) is 10.5 Å². The fourth-order valence-electron chi connectivity index (χ4n) is 3.28. The SMILES string of the molecule is N[C@@H]1CCc2cc(OCC3CSc4ccccc43)ccc21. The molecule has 0 saturated heterocycles. The zero-order chi connectivity index (χ0) is 14.2. The second kappa shape index (κ2) is 5.39. The van der Waals surface area contributed by atoms with Gasteiger partial charge in [0, 0.05) is 22.6 Å². The molecule has 2 nitrogen and oxygen atoms in total. The molecular formula is C18H19NOS. The molecule has 0 fully saturated rings. The predicted octanol–water partition coefficient (Wildman–Crippen LogP) is 3.90. The monoisotopic (exact) mass is 297 g/mol. The van der Waals surface area contributed by atoms with Crippen LogP contribution in [0.5, 0.6) is 5.75 Å². The second-order valence-electron chi connectivity index (χ2n) is 5.86. The molecule has 0 bridgehead atoms. The van der Waals surface area contributed by atoms with Crippen LogP contribution in [0.3, 0.4) is 0 Å². The molecule has 3 heteroatoms. The summed E-state index contributed by atoms with van der Waals surface area (Å²) in [6.45, 7) is 0.759. The molecular weight excluding hydrogens is 278 g/mol. The van der Waals surface area contributed by atoms with Gasteiger partial charge >= 0.3 is 0 Å². The van der Waals surface area contributed by atoms with Crippen molar-refractivity contribution in [1.29, 1.82) is 0 Å². The van der Waals surface area contributed by atoms with Crippen LogP contribution in [-0.2, 0) is 6.42 Å². The van der Waals surface area contributed by atoms with Gasteiger partial charge in [-0.15, -0.1) is 11.8 Å². The van der Waals surface area contributed by atoms with Gasteiger partial charge < -0.3 is 10.5 Å². The first-order chi connectivity index (χ1) is 10.3. The van der Waals surface area contributed by atoms with Crippen LogP contribution in [0.25, 0.3) is 0 Å². The average Bonchev–Trinajstić information content (AvgIpc) is 3.09. The van der Waals surface area contributed by atoms with E-state index >= 15 is 0 Å². The molecule has 1 unspecified atom stereocenters. The van der Waals surface area contributed by atoms with Crippen molar-refractivity contribution in [2.75, 3.05) is 12.4 Å². The van der Waals surface area contributed by atoms with Crippen molar-refractivity contribution in [1.82, 2.24) is 0 Å². The van der Waals surface area contributed by atoms with Crippen molar-refractivity contribution in [2.24, 2.45) is 5.73 Å². The van der Waals surface area contributed by atoms with Gasteiger partial charge in [-0.3, -0.25) is 0 Å². The summed E-state index contributed by atoms with van der Waals surface area (Å²) in [7, 11) is 0. The fourth-order valence-corrected chi connectivity index (χ4v) is 4.51. The topological polar surface area (TPSA) is 35.2 Å². The Kier molecular flexibility index (Phi) is 3.40. The van der Waals surface area contributed by atoms with E-state index in [0.717, 1.165) is 31.0 Å². The maximum absolute atomic E-state index is 6.08. The normalized spacial score (nSPS) is 22.9. The molecule has 21 heavy (non-hydrogen) atoms. The lowest BCUT2D eigenvalue weighted by Gasteiger charge is -2.14. The molecule has 2 atom stereocenters. The summed E-state index contributed by atoms with van der Waals surface area (Å²) in [5.74, 6) is 2.61. The largest absolute Gasteiger partial charge is 0.493 e. The third-order valence-electron chi connectivity index (χ3n) is 4.49. The molecule has 2 N–H and O–H groups in total. The molecule has 2 aromatic rings. The van der Waals surface area contributed by atoms with Gasteiger partial charge in [-0.25, -0.2) is 0 Å². The van der Waals surface area contributed by atoms with Crippen LogP contribution in [0.15, 0.2) is 47.4 Å². The first kappa shape index (κ1) is 13.2. The highest BCUT2D eigenvalue weighted by molar-refractivity contribution is 7.99. The van der Waals surface area contributed by atoms with Gasteiger partial charge in [-0.1, -0.05) is 24.3 Å². The number of hydrogen-bond donors (Lipinski definition) is 1. The van der Waals surface area contributed by atoms with E-state index < -0.39 is 0 Å². The van der Waals surface area contributed by atoms with Gasteiger partial charge in [-0.2, -0.15) is 0 Å². The van der Waals surface area contributed by atoms with Crippen LogP contribution in [0.2, 0.25) is 0 Å². The summed E-state index contributed by atoms with van der Waals surface area (Å²) in [6.07, 6.45) is 2.14. The summed E-state index contributed by atoms with van der Waals surface area (Å²) in [5, 5.41) is 0. The number of fused-ring (bicyclic) bond motifs is 2. The van der Waals surface area contributed by atoms with E-state index in [9.17, 15) is 0 Å². The van der Waals surface area contributed by atoms with Crippen LogP contribution in [0.1, 0.15) is 35.1 Å². The van der Waals surface area contributed by atoms with E-state index in [-0.39, 0.29) is 6.04 Å². The lowest BCUT2D eigenvalue weighted by atomic mass is 10.0. The van der Waals surface area contributed by atoms with E-state index in [1.54, 1.807) is 0 Å². The van der Waals surface area contributed by atoms with Crippen LogP contribution in [0, 0.1) is 0 Å². The Labute approximate surface area is 129 Å². The highest BCUT2D eigenvalue weighted by atomic mass is 32.2. The lowest BCUT2D eigenvalue weighted by Crippen LogP contribution is -2.10. The van der Waals surface area contributed by atoms with Crippen molar-refractivity contribution in [3.05, 3.63) is 59.2 Å². The van der Waals surface area contributed by atoms with Crippen molar-refractivity contribution in [2.45, 2.75) is 29.7 Å². The smallest absolute Gasteiger partial charge is 0.119 e. The molecule has 2 aromatic carbocycles. The quantitative estimate of drug-likeness (QED) is 0.933. The Balaban J connectivity index is 1.46. The van der Waals surface area contributed by atoms with Gasteiger partial charge in [0.25, 0.3) is 0 Å². The number of rotatable bonds is 3. The van der Waals surface area contributed by atoms with E-state index in [1.165, 1.54) is 21.6 Å². The van der Waals surface area contributed by atoms with E-state index in [0.29, 0.717) is 5.92 Å². The number of hydrogen-bond acceptors (Lipinski definition) is 3. The highest BCUT2D eigenvalue weighted by Crippen LogP contribution is 2.39. The third kappa shape index (κ3) is 2.45. The van der Waals surface area contributed by atoms with Crippen molar-refractivity contribution in [3.63, 3.8) is 0 Å². The first-order valence-corrected chi connectivity index (χ1v) is 8.53. The van der Waals surface area contributed by atoms with Crippen molar-refractivity contribution < 1.29 is 4.74 Å². The summed E-state index contributed by atoms with van der Waals surface area (Å²) >= 11 is 1.93. The fraction of sp³-hybridized carbons (Fsp3) is 0.333. The molecule has 2 aliphatic rings. The number of benzene rings is 2. The zero-order valence-electron chi connectivity index (χ0n) is 11.9. The number of aryl methyl sites for hydroxylation is 1. The minimum absolute atomic E-state index is 0.215. The predicted molar refractivity (Wildman–Crippen MR) is 87.1 cm³/mol. The van der Waals surface area contributed by atoms with Crippen LogP contribution < -0.4 is 10.5 Å². The van der Waals surface area contributed by atoms with E-state index in [2.05, 4.69) is 42.5 Å². The zero-order valence-corrected chi connectivity index (χ0v) is 12.7. The summed E-state index contributed by atoms with van der Waals surface area (Å²) in [5.41, 5.74) is 10.2. The van der Waals surface area contributed by atoms with Crippen molar-refractivity contribution >= 4 is 11.8 Å². The van der Waals surface area contributed by atoms with Gasteiger partial charge in [0.05, 0.1) is 6.61 Å². The van der Waals surface area contributed by atoms with Gasteiger partial charge in [-0.05, 0) is 47.7 Å². The number of thioether (sulfide) groups is 1. The van der Waals surface area contributed by atoms with Crippen LogP contribution >= 0.6 is 11.8 Å². The van der Waals surface area contributed by atoms with Crippen LogP contribution in [-0.4, -0.2) is 12.4 Å². The molecule has 1 heterocycles. The Morgan fingerprint density at radius 1 is 1.14 bits per heavy atom. The Bertz CT molecular complexity index is 670. The van der Waals surface area contributed by atoms with Crippen molar-refractivity contribution in [3.8, 4) is 5.75 Å². The van der Waals surface area contributed by atoms with Gasteiger partial charge in [0.2, 0.25) is 0 Å². The molecule has 1 aliphatic heterocycles. The minimum atomic E-state index is 0.215. The Hall–Kier alpha value is -1.45. The average molecular weight is 297 g/mol. The Morgan fingerprint density at radius 3 is 3.00 bits per heavy atom. The van der Waals surface area contributed by atoms with E-state index in [1.807, 2.05) is 11.8 Å². The first-order valence-electron chi connectivity index (χ1n) is 7.54. The number of nitrogens with two attached hydrogens (primary N) is 1. The van der Waals surface area contributed by atoms with Gasteiger partial charge in [0.1, 0.15) is 5.75 Å². The maximum Gasteiger partial charge on any atom is 0.119 e. The molecule has 0 saturated carbocycles. The summed E-state index contributed by atoms with van der Waals surface area (Å²) in [4.78, 5) is 1.41.